The van der Waals surface area contributed by atoms with Crippen LogP contribution in [0, 0.1) is 11.3 Å². The smallest absolute Gasteiger partial charge is 0.135 e. The highest BCUT2D eigenvalue weighted by Crippen LogP contribution is 2.38. The van der Waals surface area contributed by atoms with E-state index in [0.29, 0.717) is 11.6 Å². The van der Waals surface area contributed by atoms with Gasteiger partial charge >= 0.3 is 0 Å². The zero-order chi connectivity index (χ0) is 19.7. The molecule has 1 saturated heterocycles. The molecule has 1 aliphatic rings. The van der Waals surface area contributed by atoms with Gasteiger partial charge in [0.2, 0.25) is 0 Å². The molecule has 4 nitrogen and oxygen atoms in total. The number of thiophene rings is 1. The number of fused-ring (bicyclic) bond motifs is 1. The second kappa shape index (κ2) is 7.54. The molecule has 0 aliphatic carbocycles. The molecule has 0 spiro atoms. The van der Waals surface area contributed by atoms with Gasteiger partial charge in [-0.1, -0.05) is 30.3 Å². The van der Waals surface area contributed by atoms with Crippen LogP contribution in [-0.4, -0.2) is 34.6 Å². The van der Waals surface area contributed by atoms with Crippen molar-refractivity contribution >= 4 is 27.2 Å². The number of benzene rings is 1. The van der Waals surface area contributed by atoms with Gasteiger partial charge in [-0.15, -0.1) is 11.3 Å². The quantitative estimate of drug-likeness (QED) is 0.641. The van der Waals surface area contributed by atoms with E-state index in [1.807, 2.05) is 18.2 Å². The van der Waals surface area contributed by atoms with Crippen molar-refractivity contribution in [3.8, 4) is 16.5 Å². The van der Waals surface area contributed by atoms with Crippen molar-refractivity contribution in [2.75, 3.05) is 18.4 Å². The van der Waals surface area contributed by atoms with Crippen LogP contribution in [0.4, 0.5) is 5.82 Å². The van der Waals surface area contributed by atoms with Crippen molar-refractivity contribution in [1.29, 1.82) is 5.26 Å². The number of anilines is 1. The molecule has 1 aromatic carbocycles. The molecule has 4 rings (SSSR count). The summed E-state index contributed by atoms with van der Waals surface area (Å²) < 4.78 is 1.02. The number of hydrogen-bond donors (Lipinski definition) is 1. The first-order valence-corrected chi connectivity index (χ1v) is 10.7. The molecule has 1 aliphatic heterocycles. The van der Waals surface area contributed by atoms with Crippen LogP contribution >= 0.6 is 11.3 Å². The molecule has 0 saturated carbocycles. The maximum Gasteiger partial charge on any atom is 0.135 e. The molecule has 2 aromatic heterocycles. The van der Waals surface area contributed by atoms with Gasteiger partial charge in [-0.2, -0.15) is 5.26 Å². The second-order valence-corrected chi connectivity index (χ2v) is 9.50. The lowest BCUT2D eigenvalue weighted by atomic mass is 9.98. The van der Waals surface area contributed by atoms with Crippen molar-refractivity contribution in [3.63, 3.8) is 0 Å². The summed E-state index contributed by atoms with van der Waals surface area (Å²) in [7, 11) is 0. The largest absolute Gasteiger partial charge is 0.366 e. The summed E-state index contributed by atoms with van der Waals surface area (Å²) in [5.74, 6) is 0.896. The Balaban J connectivity index is 1.68. The van der Waals surface area contributed by atoms with Gasteiger partial charge in [0.25, 0.3) is 0 Å². The van der Waals surface area contributed by atoms with E-state index in [0.717, 1.165) is 35.4 Å². The van der Waals surface area contributed by atoms with Gasteiger partial charge < -0.3 is 5.32 Å². The molecule has 0 bridgehead atoms. The summed E-state index contributed by atoms with van der Waals surface area (Å²) >= 11 is 1.67. The van der Waals surface area contributed by atoms with Crippen LogP contribution in [-0.2, 0) is 0 Å². The average molecular weight is 391 g/mol. The number of rotatable bonds is 3. The Morgan fingerprint density at radius 1 is 1.25 bits per heavy atom. The van der Waals surface area contributed by atoms with E-state index < -0.39 is 0 Å². The molecule has 0 unspecified atom stereocenters. The first kappa shape index (κ1) is 18.9. The summed E-state index contributed by atoms with van der Waals surface area (Å²) in [6, 6.07) is 15.2. The summed E-state index contributed by atoms with van der Waals surface area (Å²) in [6.45, 7) is 8.99. The van der Waals surface area contributed by atoms with E-state index in [4.69, 9.17) is 0 Å². The van der Waals surface area contributed by atoms with Crippen LogP contribution in [0.15, 0.2) is 42.6 Å². The number of nitrogens with zero attached hydrogens (tertiary/aromatic N) is 3. The third kappa shape index (κ3) is 3.76. The molecule has 28 heavy (non-hydrogen) atoms. The summed E-state index contributed by atoms with van der Waals surface area (Å²) in [5.41, 5.74) is 2.00. The fourth-order valence-corrected chi connectivity index (χ4v) is 4.99. The van der Waals surface area contributed by atoms with Crippen molar-refractivity contribution in [2.45, 2.75) is 45.2 Å². The van der Waals surface area contributed by atoms with Gasteiger partial charge in [0.15, 0.2) is 0 Å². The Bertz CT molecular complexity index is 1010. The Morgan fingerprint density at radius 3 is 2.75 bits per heavy atom. The normalized spacial score (nSPS) is 18.1. The zero-order valence-corrected chi connectivity index (χ0v) is 17.5. The molecule has 3 aromatic rings. The number of likely N-dealkylation sites (tertiary alicyclic amines) is 1. The van der Waals surface area contributed by atoms with Gasteiger partial charge in [-0.25, -0.2) is 4.98 Å². The first-order chi connectivity index (χ1) is 13.5. The number of nitriles is 1. The molecular formula is C23H26N4S. The lowest BCUT2D eigenvalue weighted by Gasteiger charge is -2.41. The van der Waals surface area contributed by atoms with Gasteiger partial charge in [-0.05, 0) is 51.8 Å². The Kier molecular flexibility index (Phi) is 5.09. The van der Waals surface area contributed by atoms with Crippen LogP contribution in [0.1, 0.15) is 39.2 Å². The minimum absolute atomic E-state index is 0.177. The minimum atomic E-state index is 0.177. The number of hydrogen-bond acceptors (Lipinski definition) is 5. The van der Waals surface area contributed by atoms with Gasteiger partial charge in [0.05, 0.1) is 10.3 Å². The number of pyridine rings is 1. The standard InChI is InChI=1S/C23H26N4S/c1-23(2,3)27-11-7-10-18(15-27)26-22-19-12-20(16-8-5-4-6-9-16)28-21(19)17(13-24)14-25-22/h4-6,8-9,12,14,18H,7,10-11,15H2,1-3H3,(H,25,26)/t18-/m0/s1. The van der Waals surface area contributed by atoms with E-state index in [2.05, 4.69) is 60.2 Å². The SMILES string of the molecule is CC(C)(C)N1CCC[C@H](Nc2ncc(C#N)c3sc(-c4ccccc4)cc23)C1. The van der Waals surface area contributed by atoms with Crippen LogP contribution in [0.2, 0.25) is 0 Å². The second-order valence-electron chi connectivity index (χ2n) is 8.45. The zero-order valence-electron chi connectivity index (χ0n) is 16.7. The van der Waals surface area contributed by atoms with Crippen molar-refractivity contribution in [1.82, 2.24) is 9.88 Å². The third-order valence-corrected chi connectivity index (χ3v) is 6.66. The highest BCUT2D eigenvalue weighted by Gasteiger charge is 2.28. The van der Waals surface area contributed by atoms with Gasteiger partial charge in [0, 0.05) is 34.6 Å². The lowest BCUT2D eigenvalue weighted by molar-refractivity contribution is 0.104. The Labute approximate surface area is 170 Å². The molecule has 144 valence electrons. The minimum Gasteiger partial charge on any atom is -0.366 e. The van der Waals surface area contributed by atoms with Crippen LogP contribution in [0.3, 0.4) is 0 Å². The maximum absolute atomic E-state index is 9.54. The molecule has 1 fully saturated rings. The molecular weight excluding hydrogens is 364 g/mol. The van der Waals surface area contributed by atoms with E-state index in [-0.39, 0.29) is 5.54 Å². The summed E-state index contributed by atoms with van der Waals surface area (Å²) in [5, 5.41) is 14.3. The highest BCUT2D eigenvalue weighted by atomic mass is 32.1. The molecule has 0 amide bonds. The molecule has 5 heteroatoms. The molecule has 1 atom stereocenters. The fourth-order valence-electron chi connectivity index (χ4n) is 3.86. The van der Waals surface area contributed by atoms with E-state index in [9.17, 15) is 5.26 Å². The molecule has 3 heterocycles. The lowest BCUT2D eigenvalue weighted by Crippen LogP contribution is -2.50. The summed E-state index contributed by atoms with van der Waals surface area (Å²) in [4.78, 5) is 8.33. The topological polar surface area (TPSA) is 52.0 Å². The van der Waals surface area contributed by atoms with E-state index >= 15 is 0 Å². The van der Waals surface area contributed by atoms with E-state index in [1.165, 1.54) is 16.9 Å². The molecule has 1 N–H and O–H groups in total. The van der Waals surface area contributed by atoms with Crippen LogP contribution in [0.5, 0.6) is 0 Å². The van der Waals surface area contributed by atoms with Crippen LogP contribution in [0.25, 0.3) is 20.5 Å². The Hall–Kier alpha value is -2.42. The van der Waals surface area contributed by atoms with Crippen LogP contribution < -0.4 is 5.32 Å². The molecule has 0 radical (unpaired) electrons. The maximum atomic E-state index is 9.54. The van der Waals surface area contributed by atoms with Crippen molar-refractivity contribution in [2.24, 2.45) is 0 Å². The number of aromatic nitrogens is 1. The van der Waals surface area contributed by atoms with Crippen molar-refractivity contribution in [3.05, 3.63) is 48.2 Å². The number of nitrogens with one attached hydrogen (secondary N) is 1. The predicted octanol–water partition coefficient (Wildman–Crippen LogP) is 5.51. The third-order valence-electron chi connectivity index (χ3n) is 5.44. The Morgan fingerprint density at radius 2 is 2.04 bits per heavy atom. The monoisotopic (exact) mass is 390 g/mol. The van der Waals surface area contributed by atoms with Crippen molar-refractivity contribution < 1.29 is 0 Å². The highest BCUT2D eigenvalue weighted by molar-refractivity contribution is 7.22. The number of piperidine rings is 1. The van der Waals surface area contributed by atoms with E-state index in [1.54, 1.807) is 17.5 Å². The van der Waals surface area contributed by atoms with Gasteiger partial charge in [-0.3, -0.25) is 4.90 Å². The van der Waals surface area contributed by atoms with Gasteiger partial charge in [0.1, 0.15) is 11.9 Å². The predicted molar refractivity (Wildman–Crippen MR) is 118 cm³/mol. The fraction of sp³-hybridized carbons (Fsp3) is 0.391. The first-order valence-electron chi connectivity index (χ1n) is 9.85. The average Bonchev–Trinajstić information content (AvgIpc) is 3.14. The summed E-state index contributed by atoms with van der Waals surface area (Å²) in [6.07, 6.45) is 4.04.